The minimum absolute atomic E-state index is 0. The predicted molar refractivity (Wildman–Crippen MR) is 6.18 cm³/mol. The van der Waals surface area contributed by atoms with Gasteiger partial charge in [-0.1, -0.05) is 0 Å². The maximum absolute atomic E-state index is 0. The summed E-state index contributed by atoms with van der Waals surface area (Å²) in [5.41, 5.74) is 0. The molecule has 0 aromatic carbocycles. The Labute approximate surface area is 212 Å². The Bertz CT molecular complexity index is 33.0. The van der Waals surface area contributed by atoms with Crippen molar-refractivity contribution in [3.8, 4) is 0 Å². The molecule has 0 saturated heterocycles. The van der Waals surface area contributed by atoms with E-state index in [2.05, 4.69) is 0 Å². The van der Waals surface area contributed by atoms with E-state index < -0.39 is 0 Å². The molecule has 0 bridgehead atoms. The largest absolute Gasteiger partial charge is 5.00 e. The molecule has 0 spiro atoms. The normalized spacial score (nSPS) is 0. The third-order valence-electron chi connectivity index (χ3n) is 0. The SMILES string of the molecule is [Li+].[Li+].[Na+].[Na+].[Ni+2].[Ni+2].[O-2].[O-2].[O-2].[O-2].[O-2].[O-2].[O-2].[O-2].[O-2].[V+5].[V+5]. The van der Waals surface area contributed by atoms with Crippen molar-refractivity contribution in [2.24, 2.45) is 0 Å². The van der Waals surface area contributed by atoms with Crippen molar-refractivity contribution in [3.05, 3.63) is 0 Å². The van der Waals surface area contributed by atoms with E-state index in [4.69, 9.17) is 0 Å². The van der Waals surface area contributed by atoms with Crippen LogP contribution >= 0.6 is 0 Å². The summed E-state index contributed by atoms with van der Waals surface area (Å²) >= 11 is 0. The Morgan fingerprint density at radius 2 is 0.294 bits per heavy atom. The molecule has 0 atom stereocenters. The zero-order chi connectivity index (χ0) is 0. The fourth-order valence-electron chi connectivity index (χ4n) is 0. The van der Waals surface area contributed by atoms with Crippen LogP contribution in [-0.4, -0.2) is 0 Å². The first-order valence-electron chi connectivity index (χ1n) is 0. The smallest absolute Gasteiger partial charge is 2.00 e. The standard InChI is InChI=1S/2Li.2Na.2Ni.9O.2V/q4*+1;2*+2;9*-2;2*+5. The monoisotopic (exact) mass is 422 g/mol. The van der Waals surface area contributed by atoms with Gasteiger partial charge in [0.1, 0.15) is 0 Å². The fraction of sp³-hybridized carbons (Fsp3) is 0. The van der Waals surface area contributed by atoms with Crippen molar-refractivity contribution in [3.63, 3.8) is 0 Å². The van der Waals surface area contributed by atoms with Crippen LogP contribution in [0.2, 0.25) is 0 Å². The Hall–Kier alpha value is 4.99. The summed E-state index contributed by atoms with van der Waals surface area (Å²) in [7, 11) is 0. The first kappa shape index (κ1) is 389. The minimum Gasteiger partial charge on any atom is -2.00 e. The van der Waals surface area contributed by atoms with E-state index in [0.29, 0.717) is 0 Å². The molecule has 0 fully saturated rings. The van der Waals surface area contributed by atoms with Crippen molar-refractivity contribution in [1.29, 1.82) is 0 Å². The molecule has 17 heteroatoms. The van der Waals surface area contributed by atoms with Gasteiger partial charge in [-0.3, -0.25) is 0 Å². The van der Waals surface area contributed by atoms with E-state index in [1.807, 2.05) is 0 Å². The summed E-state index contributed by atoms with van der Waals surface area (Å²) in [6.07, 6.45) is 0. The molecule has 0 amide bonds. The molecular formula is Li2Na2Ni2O9V2. The predicted octanol–water partition coefficient (Wildman–Crippen LogP) is -13.1. The molecule has 17 heavy (non-hydrogen) atoms. The van der Waals surface area contributed by atoms with Gasteiger partial charge in [0.15, 0.2) is 0 Å². The Morgan fingerprint density at radius 1 is 0.294 bits per heavy atom. The Balaban J connectivity index is 0. The molecule has 0 aliphatic heterocycles. The molecule has 0 unspecified atom stereocenters. The van der Waals surface area contributed by atoms with Crippen molar-refractivity contribution in [2.75, 3.05) is 0 Å². The molecule has 0 rings (SSSR count). The average Bonchev–Trinajstić information content (AvgIpc) is 0. The van der Waals surface area contributed by atoms with Crippen LogP contribution in [0.25, 0.3) is 0 Å². The van der Waals surface area contributed by atoms with E-state index in [-0.39, 0.29) is 216 Å². The van der Waals surface area contributed by atoms with E-state index in [9.17, 15) is 0 Å². The van der Waals surface area contributed by atoms with Gasteiger partial charge in [0.05, 0.1) is 0 Å². The second-order valence-corrected chi connectivity index (χ2v) is 0. The van der Waals surface area contributed by atoms with Crippen LogP contribution < -0.4 is 96.8 Å². The number of hydrogen-bond acceptors (Lipinski definition) is 0. The molecule has 0 aliphatic rings. The van der Waals surface area contributed by atoms with Gasteiger partial charge in [0.2, 0.25) is 0 Å². The van der Waals surface area contributed by atoms with Crippen LogP contribution in [-0.2, 0) is 119 Å². The topological polar surface area (TPSA) is 256 Å². The fourth-order valence-corrected chi connectivity index (χ4v) is 0. The molecular weight excluding hydrogens is 423 g/mol. The van der Waals surface area contributed by atoms with E-state index in [1.165, 1.54) is 0 Å². The van der Waals surface area contributed by atoms with Gasteiger partial charge in [0, 0.05) is 0 Å². The van der Waals surface area contributed by atoms with Crippen LogP contribution in [0.1, 0.15) is 0 Å². The molecule has 0 radical (unpaired) electrons. The van der Waals surface area contributed by atoms with Gasteiger partial charge in [-0.25, -0.2) is 0 Å². The van der Waals surface area contributed by atoms with E-state index >= 15 is 0 Å². The molecule has 0 heterocycles. The molecule has 0 saturated carbocycles. The van der Waals surface area contributed by atoms with Gasteiger partial charge in [0.25, 0.3) is 0 Å². The summed E-state index contributed by atoms with van der Waals surface area (Å²) in [4.78, 5) is 0. The van der Waals surface area contributed by atoms with E-state index in [1.54, 1.807) is 0 Å². The quantitative estimate of drug-likeness (QED) is 0.329. The Kier molecular flexibility index (Phi) is 7710. The summed E-state index contributed by atoms with van der Waals surface area (Å²) in [5, 5.41) is 0. The van der Waals surface area contributed by atoms with Crippen LogP contribution in [0.3, 0.4) is 0 Å². The maximum Gasteiger partial charge on any atom is 5.00 e. The maximum atomic E-state index is 0. The third-order valence-corrected chi connectivity index (χ3v) is 0. The Morgan fingerprint density at radius 3 is 0.294 bits per heavy atom. The summed E-state index contributed by atoms with van der Waals surface area (Å²) < 4.78 is 0. The summed E-state index contributed by atoms with van der Waals surface area (Å²) in [6.45, 7) is 0. The van der Waals surface area contributed by atoms with Crippen molar-refractivity contribution in [1.82, 2.24) is 0 Å². The third kappa shape index (κ3) is 304. The molecule has 88 valence electrons. The van der Waals surface area contributed by atoms with Crippen LogP contribution in [0.15, 0.2) is 0 Å². The van der Waals surface area contributed by atoms with Crippen LogP contribution in [0.5, 0.6) is 0 Å². The molecule has 0 aromatic rings. The van der Waals surface area contributed by atoms with Crippen LogP contribution in [0, 0.1) is 0 Å². The first-order chi connectivity index (χ1) is 0. The number of hydrogen-bond donors (Lipinski definition) is 0. The second-order valence-electron chi connectivity index (χ2n) is 0. The van der Waals surface area contributed by atoms with Crippen molar-refractivity contribution >= 4 is 0 Å². The second kappa shape index (κ2) is 337. The van der Waals surface area contributed by atoms with Gasteiger partial charge in [-0.15, -0.1) is 0 Å². The van der Waals surface area contributed by atoms with E-state index in [0.717, 1.165) is 0 Å². The molecule has 0 aliphatic carbocycles. The van der Waals surface area contributed by atoms with Crippen molar-refractivity contribution < 1.29 is 216 Å². The minimum atomic E-state index is 0. The summed E-state index contributed by atoms with van der Waals surface area (Å²) in [5.74, 6) is 0. The van der Waals surface area contributed by atoms with Gasteiger partial charge in [-0.05, 0) is 0 Å². The average molecular weight is 423 g/mol. The molecule has 0 N–H and O–H groups in total. The zero-order valence-electron chi connectivity index (χ0n) is 9.20. The molecule has 9 nitrogen and oxygen atoms in total. The zero-order valence-corrected chi connectivity index (χ0v) is 18.0. The number of rotatable bonds is 0. The van der Waals surface area contributed by atoms with Crippen molar-refractivity contribution in [2.45, 2.75) is 0 Å². The summed E-state index contributed by atoms with van der Waals surface area (Å²) in [6, 6.07) is 0. The van der Waals surface area contributed by atoms with Gasteiger partial charge >= 0.3 is 167 Å². The van der Waals surface area contributed by atoms with Gasteiger partial charge < -0.3 is 49.3 Å². The first-order valence-corrected chi connectivity index (χ1v) is 0. The molecule has 0 aromatic heterocycles. The van der Waals surface area contributed by atoms with Crippen LogP contribution in [0.4, 0.5) is 0 Å². The van der Waals surface area contributed by atoms with Gasteiger partial charge in [-0.2, -0.15) is 0 Å².